The van der Waals surface area contributed by atoms with Crippen LogP contribution >= 0.6 is 11.3 Å². The van der Waals surface area contributed by atoms with E-state index < -0.39 is 0 Å². The van der Waals surface area contributed by atoms with E-state index in [4.69, 9.17) is 6.58 Å². The van der Waals surface area contributed by atoms with Crippen LogP contribution in [0, 0.1) is 6.92 Å². The molecule has 1 aliphatic rings. The van der Waals surface area contributed by atoms with E-state index in [2.05, 4.69) is 200 Å². The second kappa shape index (κ2) is 14.4. The van der Waals surface area contributed by atoms with Crippen molar-refractivity contribution in [3.05, 3.63) is 240 Å². The number of aromatic nitrogens is 1. The summed E-state index contributed by atoms with van der Waals surface area (Å²) in [4.78, 5) is 4.29. The molecular weight excluding hydrogens is 731 g/mol. The van der Waals surface area contributed by atoms with Gasteiger partial charge in [0.15, 0.2) is 0 Å². The predicted octanol–water partition coefficient (Wildman–Crippen LogP) is 15.6. The van der Waals surface area contributed by atoms with Gasteiger partial charge in [0.2, 0.25) is 0 Å². The number of thiophene rings is 1. The Kier molecular flexibility index (Phi) is 8.53. The number of rotatable bonds is 7. The zero-order valence-corrected chi connectivity index (χ0v) is 33.5. The van der Waals surface area contributed by atoms with Crippen molar-refractivity contribution in [3.63, 3.8) is 0 Å². The molecule has 59 heavy (non-hydrogen) atoms. The Balaban J connectivity index is 1.03. The second-order valence-corrected chi connectivity index (χ2v) is 16.7. The maximum Gasteiger partial charge on any atom is 0.0355 e. The molecule has 2 heterocycles. The fourth-order valence-electron chi connectivity index (χ4n) is 9.22. The third-order valence-corrected chi connectivity index (χ3v) is 13.3. The lowest BCUT2D eigenvalue weighted by molar-refractivity contribution is 1.02. The first-order chi connectivity index (χ1) is 29.1. The summed E-state index contributed by atoms with van der Waals surface area (Å²) in [5.74, 6) is 0.176. The predicted molar refractivity (Wildman–Crippen MR) is 251 cm³/mol. The van der Waals surface area contributed by atoms with Gasteiger partial charge in [-0.1, -0.05) is 134 Å². The minimum Gasteiger partial charge on any atom is -0.265 e. The van der Waals surface area contributed by atoms with Gasteiger partial charge >= 0.3 is 0 Å². The molecule has 278 valence electrons. The maximum absolute atomic E-state index is 4.81. The van der Waals surface area contributed by atoms with Crippen LogP contribution in [0.15, 0.2) is 207 Å². The number of fused-ring (bicyclic) bond motifs is 6. The molecule has 0 spiro atoms. The molecule has 8 aromatic carbocycles. The molecule has 0 amide bonds. The minimum absolute atomic E-state index is 0.176. The highest BCUT2D eigenvalue weighted by molar-refractivity contribution is 7.25. The van der Waals surface area contributed by atoms with Crippen molar-refractivity contribution in [3.8, 4) is 55.6 Å². The average molecular weight is 770 g/mol. The Hall–Kier alpha value is -7.13. The number of nitrogens with zero attached hydrogens (tertiary/aromatic N) is 1. The van der Waals surface area contributed by atoms with Crippen molar-refractivity contribution in [2.75, 3.05) is 0 Å². The van der Waals surface area contributed by atoms with Gasteiger partial charge < -0.3 is 0 Å². The van der Waals surface area contributed by atoms with Crippen LogP contribution in [0.5, 0.6) is 0 Å². The van der Waals surface area contributed by atoms with Gasteiger partial charge in [-0.05, 0) is 162 Å². The van der Waals surface area contributed by atoms with E-state index in [1.165, 1.54) is 81.4 Å². The van der Waals surface area contributed by atoms with Gasteiger partial charge in [0.25, 0.3) is 0 Å². The van der Waals surface area contributed by atoms with Crippen molar-refractivity contribution in [1.29, 1.82) is 0 Å². The van der Waals surface area contributed by atoms with Gasteiger partial charge in [-0.2, -0.15) is 0 Å². The molecule has 0 saturated carbocycles. The first kappa shape index (κ1) is 35.1. The molecule has 0 saturated heterocycles. The van der Waals surface area contributed by atoms with Crippen LogP contribution in [-0.2, 0) is 0 Å². The maximum atomic E-state index is 4.81. The zero-order valence-electron chi connectivity index (χ0n) is 32.7. The van der Waals surface area contributed by atoms with Crippen LogP contribution in [0.1, 0.15) is 39.3 Å². The number of hydrogen-bond acceptors (Lipinski definition) is 2. The number of pyridine rings is 1. The van der Waals surface area contributed by atoms with Gasteiger partial charge in [0.1, 0.15) is 0 Å². The highest BCUT2D eigenvalue weighted by Crippen LogP contribution is 2.50. The van der Waals surface area contributed by atoms with Gasteiger partial charge in [-0.25, -0.2) is 0 Å². The van der Waals surface area contributed by atoms with Crippen molar-refractivity contribution in [1.82, 2.24) is 4.98 Å². The van der Waals surface area contributed by atoms with E-state index in [1.54, 1.807) is 0 Å². The molecule has 0 bridgehead atoms. The fourth-order valence-corrected chi connectivity index (χ4v) is 10.3. The molecule has 1 nitrogen and oxygen atoms in total. The normalized spacial score (nSPS) is 13.1. The van der Waals surface area contributed by atoms with Crippen LogP contribution in [0.3, 0.4) is 0 Å². The molecule has 1 atom stereocenters. The van der Waals surface area contributed by atoms with Crippen LogP contribution in [0.2, 0.25) is 0 Å². The first-order valence-corrected chi connectivity index (χ1v) is 21.0. The lowest BCUT2D eigenvalue weighted by Gasteiger charge is -2.19. The Morgan fingerprint density at radius 3 is 1.92 bits per heavy atom. The SMILES string of the molecule is C=C(c1cc(-c2ccccc2)cc(-c2ccncc2)c1)c1ccc(-c2ccc3c(c2)-c2ccccc2C3c2ccc3sc4ccccc4c3c2)cc1-c1ccccc1C. The summed E-state index contributed by atoms with van der Waals surface area (Å²) in [6.07, 6.45) is 3.72. The molecule has 0 aliphatic heterocycles. The fraction of sp³-hybridized carbons (Fsp3) is 0.0351. The summed E-state index contributed by atoms with van der Waals surface area (Å²) in [6, 6.07) is 69.2. The van der Waals surface area contributed by atoms with Crippen LogP contribution in [0.25, 0.3) is 81.4 Å². The standard InChI is InChI=1S/C57H39NS/c1-36-12-6-7-15-46(36)52-33-40(20-23-47(52)37(2)43-30-44(38-13-4-3-5-14-38)32-45(31-43)39-26-28-58-29-27-39)41-21-24-51-53(34-41)48-16-8-9-18-50(48)57(51)42-22-25-56-54(35-42)49-17-10-11-19-55(49)59-56/h3-35,57H,2H2,1H3. The Labute approximate surface area is 349 Å². The van der Waals surface area contributed by atoms with Gasteiger partial charge in [0.05, 0.1) is 0 Å². The van der Waals surface area contributed by atoms with E-state index in [0.29, 0.717) is 0 Å². The van der Waals surface area contributed by atoms with Crippen LogP contribution in [0.4, 0.5) is 0 Å². The number of benzene rings is 8. The van der Waals surface area contributed by atoms with Crippen molar-refractivity contribution < 1.29 is 0 Å². The molecule has 1 unspecified atom stereocenters. The summed E-state index contributed by atoms with van der Waals surface area (Å²) >= 11 is 1.88. The summed E-state index contributed by atoms with van der Waals surface area (Å²) in [6.45, 7) is 7.02. The first-order valence-electron chi connectivity index (χ1n) is 20.2. The average Bonchev–Trinajstić information content (AvgIpc) is 3.84. The molecule has 0 radical (unpaired) electrons. The third kappa shape index (κ3) is 6.12. The molecule has 10 aromatic rings. The number of hydrogen-bond donors (Lipinski definition) is 0. The largest absolute Gasteiger partial charge is 0.265 e. The Morgan fingerprint density at radius 2 is 1.10 bits per heavy atom. The van der Waals surface area contributed by atoms with E-state index in [0.717, 1.165) is 33.4 Å². The zero-order chi connectivity index (χ0) is 39.5. The summed E-state index contributed by atoms with van der Waals surface area (Å²) in [7, 11) is 0. The van der Waals surface area contributed by atoms with Crippen molar-refractivity contribution >= 4 is 37.1 Å². The number of aryl methyl sites for hydroxylation is 1. The Bertz CT molecular complexity index is 3190. The molecule has 2 heteroatoms. The van der Waals surface area contributed by atoms with E-state index in [-0.39, 0.29) is 5.92 Å². The van der Waals surface area contributed by atoms with Gasteiger partial charge in [0, 0.05) is 38.5 Å². The smallest absolute Gasteiger partial charge is 0.0355 e. The third-order valence-electron chi connectivity index (χ3n) is 12.2. The monoisotopic (exact) mass is 769 g/mol. The second-order valence-electron chi connectivity index (χ2n) is 15.6. The van der Waals surface area contributed by atoms with Crippen LogP contribution < -0.4 is 0 Å². The lowest BCUT2D eigenvalue weighted by Crippen LogP contribution is -1.99. The molecular formula is C57H39NS. The van der Waals surface area contributed by atoms with E-state index in [9.17, 15) is 0 Å². The highest BCUT2D eigenvalue weighted by Gasteiger charge is 2.30. The molecule has 1 aliphatic carbocycles. The van der Waals surface area contributed by atoms with Gasteiger partial charge in [-0.15, -0.1) is 11.3 Å². The Morgan fingerprint density at radius 1 is 0.458 bits per heavy atom. The van der Waals surface area contributed by atoms with Crippen molar-refractivity contribution in [2.24, 2.45) is 0 Å². The van der Waals surface area contributed by atoms with Gasteiger partial charge in [-0.3, -0.25) is 4.98 Å². The summed E-state index contributed by atoms with van der Waals surface area (Å²) in [5, 5.41) is 2.68. The summed E-state index contributed by atoms with van der Waals surface area (Å²) < 4.78 is 2.68. The lowest BCUT2D eigenvalue weighted by atomic mass is 9.85. The van der Waals surface area contributed by atoms with Crippen LogP contribution in [-0.4, -0.2) is 4.98 Å². The highest BCUT2D eigenvalue weighted by atomic mass is 32.1. The quantitative estimate of drug-likeness (QED) is 0.157. The van der Waals surface area contributed by atoms with E-state index in [1.807, 2.05) is 23.7 Å². The van der Waals surface area contributed by atoms with E-state index >= 15 is 0 Å². The minimum atomic E-state index is 0.176. The van der Waals surface area contributed by atoms with Crippen molar-refractivity contribution in [2.45, 2.75) is 12.8 Å². The molecule has 0 fully saturated rings. The molecule has 11 rings (SSSR count). The molecule has 2 aromatic heterocycles. The topological polar surface area (TPSA) is 12.9 Å². The molecule has 0 N–H and O–H groups in total. The summed E-state index contributed by atoms with van der Waals surface area (Å²) in [5.41, 5.74) is 20.5.